The van der Waals surface area contributed by atoms with Gasteiger partial charge in [-0.3, -0.25) is 4.21 Å². The average Bonchev–Trinajstić information content (AvgIpc) is 2.35. The van der Waals surface area contributed by atoms with E-state index >= 15 is 0 Å². The number of sulfonamides is 1. The second-order valence-corrected chi connectivity index (χ2v) is 8.23. The monoisotopic (exact) mass is 317 g/mol. The molecule has 0 aromatic heterocycles. The molecule has 6 nitrogen and oxygen atoms in total. The zero-order valence-electron chi connectivity index (χ0n) is 11.3. The van der Waals surface area contributed by atoms with Crippen LogP contribution in [0.15, 0.2) is 17.0 Å². The third kappa shape index (κ3) is 3.50. The molecular formula is C12H19N3O3S2. The number of benzene rings is 1. The Morgan fingerprint density at radius 1 is 1.30 bits per heavy atom. The second-order valence-electron chi connectivity index (χ2n) is 5.00. The minimum Gasteiger partial charge on any atom is -0.399 e. The molecule has 0 atom stereocenters. The van der Waals surface area contributed by atoms with Crippen LogP contribution in [0.1, 0.15) is 18.4 Å². The van der Waals surface area contributed by atoms with Crippen molar-refractivity contribution < 1.29 is 12.6 Å². The minimum atomic E-state index is -3.80. The van der Waals surface area contributed by atoms with Crippen molar-refractivity contribution in [3.8, 4) is 0 Å². The number of hydrogen-bond acceptors (Lipinski definition) is 5. The molecule has 0 saturated carbocycles. The molecule has 1 aromatic carbocycles. The Bertz CT molecular complexity index is 634. The van der Waals surface area contributed by atoms with Gasteiger partial charge in [-0.15, -0.1) is 0 Å². The van der Waals surface area contributed by atoms with E-state index in [9.17, 15) is 12.6 Å². The Morgan fingerprint density at radius 2 is 1.90 bits per heavy atom. The van der Waals surface area contributed by atoms with Crippen LogP contribution >= 0.6 is 0 Å². The SMILES string of the molecule is Cc1c(NC2CCS(=O)CC2)cc(N)cc1S(N)(=O)=O. The third-order valence-electron chi connectivity index (χ3n) is 3.44. The van der Waals surface area contributed by atoms with Crippen LogP contribution < -0.4 is 16.2 Å². The van der Waals surface area contributed by atoms with Crippen LogP contribution in [0.5, 0.6) is 0 Å². The Kier molecular flexibility index (Phi) is 4.36. The van der Waals surface area contributed by atoms with E-state index in [4.69, 9.17) is 10.9 Å². The fourth-order valence-electron chi connectivity index (χ4n) is 2.31. The Hall–Kier alpha value is -1.12. The largest absolute Gasteiger partial charge is 0.399 e. The van der Waals surface area contributed by atoms with Crippen molar-refractivity contribution in [2.24, 2.45) is 5.14 Å². The number of nitrogen functional groups attached to an aromatic ring is 1. The first-order chi connectivity index (χ1) is 9.27. The maximum absolute atomic E-state index is 11.5. The van der Waals surface area contributed by atoms with Gasteiger partial charge in [0.15, 0.2) is 0 Å². The molecule has 2 rings (SSSR count). The maximum atomic E-state index is 11.5. The molecule has 0 aliphatic carbocycles. The predicted molar refractivity (Wildman–Crippen MR) is 81.5 cm³/mol. The molecular weight excluding hydrogens is 298 g/mol. The zero-order chi connectivity index (χ0) is 14.9. The minimum absolute atomic E-state index is 0.0411. The molecule has 1 heterocycles. The van der Waals surface area contributed by atoms with Crippen molar-refractivity contribution in [1.82, 2.24) is 0 Å². The van der Waals surface area contributed by atoms with Gasteiger partial charge < -0.3 is 11.1 Å². The normalized spacial score (nSPS) is 23.5. The number of hydrogen-bond donors (Lipinski definition) is 3. The highest BCUT2D eigenvalue weighted by Gasteiger charge is 2.20. The van der Waals surface area contributed by atoms with Crippen LogP contribution in [-0.2, 0) is 20.8 Å². The molecule has 1 aliphatic rings. The van der Waals surface area contributed by atoms with Crippen LogP contribution in [0.3, 0.4) is 0 Å². The molecule has 0 spiro atoms. The van der Waals surface area contributed by atoms with Crippen molar-refractivity contribution in [2.45, 2.75) is 30.7 Å². The van der Waals surface area contributed by atoms with Crippen LogP contribution in [0.4, 0.5) is 11.4 Å². The lowest BCUT2D eigenvalue weighted by Gasteiger charge is -2.25. The molecule has 1 fully saturated rings. The zero-order valence-corrected chi connectivity index (χ0v) is 12.9. The summed E-state index contributed by atoms with van der Waals surface area (Å²) in [6.45, 7) is 1.70. The Balaban J connectivity index is 2.28. The van der Waals surface area contributed by atoms with E-state index in [1.165, 1.54) is 6.07 Å². The number of nitrogens with one attached hydrogen (secondary N) is 1. The van der Waals surface area contributed by atoms with Gasteiger partial charge in [0, 0.05) is 39.7 Å². The first kappa shape index (κ1) is 15.3. The van der Waals surface area contributed by atoms with Gasteiger partial charge in [-0.05, 0) is 37.5 Å². The fraction of sp³-hybridized carbons (Fsp3) is 0.500. The highest BCUT2D eigenvalue weighted by Crippen LogP contribution is 2.28. The van der Waals surface area contributed by atoms with Crippen LogP contribution in [0.25, 0.3) is 0 Å². The standard InChI is InChI=1S/C12H19N3O3S2/c1-8-11(15-10-2-4-19(16)5-3-10)6-9(13)7-12(8)20(14,17)18/h6-7,10,15H,2-5,13H2,1H3,(H2,14,17,18). The highest BCUT2D eigenvalue weighted by molar-refractivity contribution is 7.89. The number of anilines is 2. The Labute approximate surface area is 121 Å². The summed E-state index contributed by atoms with van der Waals surface area (Å²) in [6, 6.07) is 3.25. The lowest BCUT2D eigenvalue weighted by atomic mass is 10.1. The van der Waals surface area contributed by atoms with E-state index in [1.807, 2.05) is 0 Å². The van der Waals surface area contributed by atoms with E-state index < -0.39 is 20.8 Å². The first-order valence-electron chi connectivity index (χ1n) is 6.32. The third-order valence-corrected chi connectivity index (χ3v) is 5.86. The quantitative estimate of drug-likeness (QED) is 0.704. The van der Waals surface area contributed by atoms with Crippen molar-refractivity contribution in [3.63, 3.8) is 0 Å². The topological polar surface area (TPSA) is 115 Å². The van der Waals surface area contributed by atoms with Gasteiger partial charge in [-0.2, -0.15) is 0 Å². The molecule has 112 valence electrons. The van der Waals surface area contributed by atoms with Gasteiger partial charge in [0.1, 0.15) is 0 Å². The number of primary sulfonamides is 1. The number of nitrogens with two attached hydrogens (primary N) is 2. The van der Waals surface area contributed by atoms with E-state index in [0.717, 1.165) is 12.8 Å². The first-order valence-corrected chi connectivity index (χ1v) is 9.35. The van der Waals surface area contributed by atoms with Crippen molar-refractivity contribution >= 4 is 32.2 Å². The molecule has 0 radical (unpaired) electrons. The van der Waals surface area contributed by atoms with Gasteiger partial charge in [0.2, 0.25) is 10.0 Å². The van der Waals surface area contributed by atoms with Gasteiger partial charge in [-0.1, -0.05) is 0 Å². The molecule has 20 heavy (non-hydrogen) atoms. The van der Waals surface area contributed by atoms with Crippen LogP contribution in [0, 0.1) is 6.92 Å². The van der Waals surface area contributed by atoms with Crippen molar-refractivity contribution in [3.05, 3.63) is 17.7 Å². The summed E-state index contributed by atoms with van der Waals surface area (Å²) in [5.41, 5.74) is 7.33. The lowest BCUT2D eigenvalue weighted by molar-refractivity contribution is 0.597. The van der Waals surface area contributed by atoms with Gasteiger partial charge in [0.05, 0.1) is 4.90 Å². The second kappa shape index (κ2) is 5.71. The van der Waals surface area contributed by atoms with Gasteiger partial charge in [-0.25, -0.2) is 13.6 Å². The Morgan fingerprint density at radius 3 is 2.45 bits per heavy atom. The highest BCUT2D eigenvalue weighted by atomic mass is 32.2. The molecule has 0 amide bonds. The summed E-state index contributed by atoms with van der Waals surface area (Å²) >= 11 is 0. The van der Waals surface area contributed by atoms with Crippen molar-refractivity contribution in [1.29, 1.82) is 0 Å². The van der Waals surface area contributed by atoms with Gasteiger partial charge in [0.25, 0.3) is 0 Å². The summed E-state index contributed by atoms with van der Waals surface area (Å²) in [6.07, 6.45) is 1.59. The van der Waals surface area contributed by atoms with E-state index in [1.54, 1.807) is 13.0 Å². The summed E-state index contributed by atoms with van der Waals surface area (Å²) in [5, 5.41) is 8.48. The summed E-state index contributed by atoms with van der Waals surface area (Å²) in [7, 11) is -4.52. The smallest absolute Gasteiger partial charge is 0.238 e. The molecule has 1 aliphatic heterocycles. The van der Waals surface area contributed by atoms with Crippen LogP contribution in [-0.4, -0.2) is 30.2 Å². The number of rotatable bonds is 3. The fourth-order valence-corrected chi connectivity index (χ4v) is 4.45. The van der Waals surface area contributed by atoms with Crippen molar-refractivity contribution in [2.75, 3.05) is 22.6 Å². The lowest BCUT2D eigenvalue weighted by Crippen LogP contribution is -2.30. The van der Waals surface area contributed by atoms with Gasteiger partial charge >= 0.3 is 0 Å². The molecule has 1 aromatic rings. The molecule has 0 unspecified atom stereocenters. The average molecular weight is 317 g/mol. The molecule has 0 bridgehead atoms. The van der Waals surface area contributed by atoms with E-state index in [0.29, 0.717) is 28.4 Å². The maximum Gasteiger partial charge on any atom is 0.238 e. The summed E-state index contributed by atoms with van der Waals surface area (Å²) in [5.74, 6) is 1.34. The summed E-state index contributed by atoms with van der Waals surface area (Å²) in [4.78, 5) is 0.0411. The van der Waals surface area contributed by atoms with E-state index in [-0.39, 0.29) is 10.9 Å². The van der Waals surface area contributed by atoms with Crippen LogP contribution in [0.2, 0.25) is 0 Å². The molecule has 5 N–H and O–H groups in total. The summed E-state index contributed by atoms with van der Waals surface area (Å²) < 4.78 is 34.4. The predicted octanol–water partition coefficient (Wildman–Crippen LogP) is 0.548. The molecule has 1 saturated heterocycles. The van der Waals surface area contributed by atoms with E-state index in [2.05, 4.69) is 5.32 Å². The molecule has 8 heteroatoms.